The van der Waals surface area contributed by atoms with Crippen LogP contribution in [0.1, 0.15) is 180 Å². The zero-order chi connectivity index (χ0) is 93.4. The minimum atomic E-state index is -4.12. The second kappa shape index (κ2) is 120. The Balaban J connectivity index is -0.000000117. The lowest BCUT2D eigenvalue weighted by atomic mass is 10.1. The summed E-state index contributed by atoms with van der Waals surface area (Å²) >= 11 is 97.6. The van der Waals surface area contributed by atoms with Crippen molar-refractivity contribution in [2.24, 2.45) is 5.73 Å². The number of allylic oxidation sites excluding steroid dienone is 4. The summed E-state index contributed by atoms with van der Waals surface area (Å²) in [6.07, 6.45) is 35.1. The molecule has 0 aromatic heterocycles. The van der Waals surface area contributed by atoms with Crippen molar-refractivity contribution < 1.29 is 55.2 Å². The number of primary amides is 1. The van der Waals surface area contributed by atoms with Crippen molar-refractivity contribution in [3.63, 3.8) is 0 Å². The highest BCUT2D eigenvalue weighted by Gasteiger charge is 2.36. The highest BCUT2D eigenvalue weighted by molar-refractivity contribution is 14.1. The molecule has 1 aliphatic carbocycles. The number of hydrogen-bond acceptors (Lipinski definition) is 9. The van der Waals surface area contributed by atoms with E-state index in [9.17, 15) is 31.2 Å². The van der Waals surface area contributed by atoms with Gasteiger partial charge in [-0.1, -0.05) is 534 Å². The molecule has 1 heterocycles. The number of aliphatic hydroxyl groups excluding tert-OH is 1. The van der Waals surface area contributed by atoms with E-state index >= 15 is 0 Å². The van der Waals surface area contributed by atoms with E-state index in [2.05, 4.69) is 408 Å². The van der Waals surface area contributed by atoms with E-state index in [-0.39, 0.29) is 70.2 Å². The molecular formula is C76H130Br22Cl4F3I2NO9S. The third-order valence-corrected chi connectivity index (χ3v) is 36.1. The fraction of sp³-hybridized carbons (Fsp3) is 0.842. The Kier molecular flexibility index (Phi) is 153. The highest BCUT2D eigenvalue weighted by Crippen LogP contribution is 2.28. The summed E-state index contributed by atoms with van der Waals surface area (Å²) in [5.74, 6) is 0.625. The Hall–Kier alpha value is 10.4. The van der Waals surface area contributed by atoms with Crippen molar-refractivity contribution in [2.45, 2.75) is 237 Å². The minimum Gasteiger partial charge on any atom is -0.459 e. The first-order valence-corrected chi connectivity index (χ1v) is 67.8. The SMILES string of the molecule is BrC/C=C/CBr.BrCCCCCCBr.BrCCCCCCCBr.BrCCCCCCCCCBr.BrCCOCCBr.CC(C)(C)OC(=O)C(Br)CCBr.COC(CBr)(CBr)OC.ClCc1cccc(CCl)c1.Cl[C@@H]1C=C[C@@H]1Cl.FC(F)(F)C(Br)CBr.ICCCCCCCCI.NC(=O)C(Br)CBr.O=S1(=O)CC(Br)C(Br)C1.OCC(Br)CBr. The monoisotopic (exact) mass is 3420 g/mol. The number of carbonyl (C=O) groups excluding carboxylic acids is 2. The fourth-order valence-electron chi connectivity index (χ4n) is 6.53. The van der Waals surface area contributed by atoms with E-state index in [1.54, 1.807) is 14.2 Å². The van der Waals surface area contributed by atoms with Gasteiger partial charge in [0.05, 0.1) is 52.7 Å². The quantitative estimate of drug-likeness (QED) is 0.0162. The van der Waals surface area contributed by atoms with Gasteiger partial charge in [0.15, 0.2) is 15.6 Å². The van der Waals surface area contributed by atoms with Crippen molar-refractivity contribution in [3.8, 4) is 0 Å². The van der Waals surface area contributed by atoms with E-state index < -0.39 is 32.2 Å². The van der Waals surface area contributed by atoms with Gasteiger partial charge >= 0.3 is 12.1 Å². The van der Waals surface area contributed by atoms with Crippen LogP contribution in [0.3, 0.4) is 0 Å². The molecule has 1 fully saturated rings. The summed E-state index contributed by atoms with van der Waals surface area (Å²) in [5, 5.41) is 22.6. The fourth-order valence-corrected chi connectivity index (χ4v) is 20.6. The summed E-state index contributed by atoms with van der Waals surface area (Å²) < 4.78 is 78.7. The number of nitrogens with two attached hydrogens (primary N) is 1. The first-order chi connectivity index (χ1) is 55.7. The molecule has 0 saturated carbocycles. The van der Waals surface area contributed by atoms with Crippen LogP contribution >= 0.6 is 442 Å². The van der Waals surface area contributed by atoms with Crippen LogP contribution in [0.4, 0.5) is 13.2 Å². The van der Waals surface area contributed by atoms with Crippen LogP contribution < -0.4 is 5.73 Å². The van der Waals surface area contributed by atoms with Crippen LogP contribution in [0.25, 0.3) is 0 Å². The van der Waals surface area contributed by atoms with E-state index in [1.807, 2.05) is 57.2 Å². The molecule has 716 valence electrons. The van der Waals surface area contributed by atoms with Gasteiger partial charge in [-0.2, -0.15) is 13.2 Å². The first kappa shape index (κ1) is 151. The van der Waals surface area contributed by atoms with Gasteiger partial charge in [0, 0.05) is 115 Å². The second-order valence-electron chi connectivity index (χ2n) is 24.7. The number of hydrogen-bond donors (Lipinski definition) is 2. The lowest BCUT2D eigenvalue weighted by Gasteiger charge is -2.25. The van der Waals surface area contributed by atoms with E-state index in [4.69, 9.17) is 76.2 Å². The predicted molar refractivity (Wildman–Crippen MR) is 618 cm³/mol. The van der Waals surface area contributed by atoms with Crippen molar-refractivity contribution >= 4 is 464 Å². The molecule has 1 aromatic rings. The van der Waals surface area contributed by atoms with Crippen LogP contribution in [-0.4, -0.2) is 222 Å². The normalized spacial score (nSPS) is 15.4. The number of benzene rings is 1. The molecule has 8 atom stereocenters. The number of sulfone groups is 1. The molecule has 0 spiro atoms. The standard InChI is InChI=1S/C9H18Br2.C8H14Br2O2.C8H8Cl2.C8H16I2.C7H14Br2.C6H12Br2.C5H10Br2O2.C4H6Br2O2S.C4H8Br2O.C4H6Br2.C4H4Cl2.C3H3Br2F3.C3H5Br2NO.C3H6Br2O/c10-8-6-4-2-1-3-5-7-9-11;1-8(2,3)12-7(11)6(10)4-5-9;9-5-7-2-1-3-8(4-7)6-10;9-7-5-3-1-2-4-6-8-10;8-6-4-2-1-3-5-7-9;7-5-3-1-2-4-6-8;1-8-5(3-6,4-7)9-2;5-3-1-9(7,8)2-4(3)6;5-1-3-7-4-2-6;5-3-1-2-4-6;5-3-1-2-4(3)6;4-1-2(5)3(6,7)8;4-1-2(5)3(6)7;4-1-3(5)2-6/h1-9H2;6H,4-5H2,1-3H3;1-4H,5-6H2;1-8H2;1-7H2;1-6H2;3-4H2,1-2H3;3-4H,1-2H2;1-4H2;1-2H,3-4H2;1-4H;2H,1H2;2H,1H2,(H2,6,7);3,6H,1-2H2/b;;;;;;;;;2-1+;;;;/t;;;;;;;;;;3-,4+;;;. The number of amides is 1. The summed E-state index contributed by atoms with van der Waals surface area (Å²) in [6.45, 7) is 7.40. The van der Waals surface area contributed by atoms with Gasteiger partial charge < -0.3 is 29.8 Å². The molecule has 42 heteroatoms. The second-order valence-corrected chi connectivity index (χ2v) is 49.0. The molecule has 0 radical (unpaired) electrons. The Morgan fingerprint density at radius 1 is 0.534 bits per heavy atom. The van der Waals surface area contributed by atoms with Crippen molar-refractivity contribution in [3.05, 3.63) is 59.7 Å². The maximum atomic E-state index is 11.4. The molecule has 2 aliphatic rings. The Morgan fingerprint density at radius 3 is 1.00 bits per heavy atom. The molecule has 6 unspecified atom stereocenters. The Morgan fingerprint density at radius 2 is 0.856 bits per heavy atom. The molecule has 10 nitrogen and oxygen atoms in total. The van der Waals surface area contributed by atoms with Gasteiger partial charge in [-0.25, -0.2) is 8.42 Å². The highest BCUT2D eigenvalue weighted by atomic mass is 127. The number of aliphatic hydroxyl groups is 1. The number of alkyl halides is 31. The molecule has 3 N–H and O–H groups in total. The first-order valence-electron chi connectivity index (χ1n) is 37.6. The number of halogens is 31. The number of ether oxygens (including phenoxy) is 4. The molecule has 1 aromatic carbocycles. The third kappa shape index (κ3) is 133. The van der Waals surface area contributed by atoms with Crippen LogP contribution in [0.5, 0.6) is 0 Å². The topological polar surface area (TPSA) is 151 Å². The van der Waals surface area contributed by atoms with Gasteiger partial charge in [-0.15, -0.1) is 46.4 Å². The minimum absolute atomic E-state index is 0.0895. The molecule has 1 aliphatic heterocycles. The summed E-state index contributed by atoms with van der Waals surface area (Å²) in [7, 11) is 0.496. The van der Waals surface area contributed by atoms with Gasteiger partial charge in [-0.3, -0.25) is 9.59 Å². The zero-order valence-corrected chi connectivity index (χ0v) is 111. The molecule has 1 amide bonds. The van der Waals surface area contributed by atoms with Crippen molar-refractivity contribution in [1.82, 2.24) is 0 Å². The lowest BCUT2D eigenvalue weighted by molar-refractivity contribution is -0.169. The van der Waals surface area contributed by atoms with Crippen molar-refractivity contribution in [2.75, 3.05) is 140 Å². The molecule has 118 heavy (non-hydrogen) atoms. The summed E-state index contributed by atoms with van der Waals surface area (Å²) in [6, 6.07) is 7.96. The summed E-state index contributed by atoms with van der Waals surface area (Å²) in [4.78, 5) is 19.9. The Labute approximate surface area is 946 Å². The number of rotatable bonds is 46. The predicted octanol–water partition coefficient (Wildman–Crippen LogP) is 34.9. The maximum Gasteiger partial charge on any atom is 0.402 e. The van der Waals surface area contributed by atoms with E-state index in [1.165, 1.54) is 171 Å². The largest absolute Gasteiger partial charge is 0.459 e. The Bertz CT molecular complexity index is 2220. The number of esters is 1. The lowest BCUT2D eigenvalue weighted by Crippen LogP contribution is -2.37. The molecule has 0 bridgehead atoms. The van der Waals surface area contributed by atoms with Crippen LogP contribution in [-0.2, 0) is 50.1 Å². The van der Waals surface area contributed by atoms with Crippen LogP contribution in [0.2, 0.25) is 0 Å². The van der Waals surface area contributed by atoms with Crippen molar-refractivity contribution in [1.29, 1.82) is 0 Å². The number of unbranched alkanes of at least 4 members (excludes halogenated alkanes) is 18. The molecule has 3 rings (SSSR count). The van der Waals surface area contributed by atoms with Crippen LogP contribution in [0.15, 0.2) is 48.6 Å². The zero-order valence-electron chi connectivity index (χ0n) is 68.1. The third-order valence-electron chi connectivity index (χ3n) is 13.1. The van der Waals surface area contributed by atoms with Crippen LogP contribution in [0, 0.1) is 0 Å². The average Bonchev–Trinajstić information content (AvgIpc) is 1.71. The van der Waals surface area contributed by atoms with Gasteiger partial charge in [0.2, 0.25) is 5.91 Å². The number of carbonyl (C=O) groups is 2. The summed E-state index contributed by atoms with van der Waals surface area (Å²) in [5.41, 5.74) is 6.69. The number of methoxy groups -OCH3 is 2. The maximum absolute atomic E-state index is 11.4. The van der Waals surface area contributed by atoms with Gasteiger partial charge in [0.1, 0.15) is 20.1 Å². The molecule has 1 saturated heterocycles. The molecular weight excluding hydrogens is 3310 g/mol. The smallest absolute Gasteiger partial charge is 0.402 e. The average molecular weight is 3440 g/mol. The van der Waals surface area contributed by atoms with E-state index in [0.29, 0.717) is 27.8 Å². The van der Waals surface area contributed by atoms with Gasteiger partial charge in [0.25, 0.3) is 0 Å². The van der Waals surface area contributed by atoms with E-state index in [0.717, 1.165) is 73.4 Å². The van der Waals surface area contributed by atoms with Gasteiger partial charge in [-0.05, 0) is 98.5 Å².